The molecule has 1 saturated carbocycles. The van der Waals surface area contributed by atoms with E-state index in [0.29, 0.717) is 24.2 Å². The van der Waals surface area contributed by atoms with Gasteiger partial charge in [0.1, 0.15) is 5.69 Å². The van der Waals surface area contributed by atoms with Crippen molar-refractivity contribution in [2.45, 2.75) is 38.6 Å². The summed E-state index contributed by atoms with van der Waals surface area (Å²) in [5, 5.41) is 11.4. The normalized spacial score (nSPS) is 22.0. The monoisotopic (exact) mass is 355 g/mol. The number of nitro benzene ring substituents is 1. The highest BCUT2D eigenvalue weighted by Crippen LogP contribution is 2.37. The Labute approximate surface area is 133 Å². The van der Waals surface area contributed by atoms with E-state index in [1.54, 1.807) is 6.07 Å². The molecule has 2 N–H and O–H groups in total. The largest absolute Gasteiger partial charge is 0.363 e. The fraction of sp³-hybridized carbons (Fsp3) is 0.600. The van der Waals surface area contributed by atoms with Crippen LogP contribution in [0.25, 0.3) is 0 Å². The van der Waals surface area contributed by atoms with Crippen LogP contribution in [-0.4, -0.2) is 24.1 Å². The standard InChI is InChI=1S/C15H22BrN3O2/c1-2-18(13-6-4-3-5-11(13)10-17)14-8-7-12(16)9-15(14)19(20)21/h7-9,11,13H,2-6,10,17H2,1H3. The van der Waals surface area contributed by atoms with E-state index < -0.39 is 0 Å². The Morgan fingerprint density at radius 3 is 2.76 bits per heavy atom. The SMILES string of the molecule is CCN(c1ccc(Br)cc1[N+](=O)[O-])C1CCCCC1CN. The van der Waals surface area contributed by atoms with Gasteiger partial charge >= 0.3 is 0 Å². The Balaban J connectivity index is 2.38. The first-order valence-corrected chi connectivity index (χ1v) is 8.28. The van der Waals surface area contributed by atoms with Gasteiger partial charge in [-0.3, -0.25) is 10.1 Å². The van der Waals surface area contributed by atoms with Crippen LogP contribution in [0.2, 0.25) is 0 Å². The third-order valence-electron chi connectivity index (χ3n) is 4.36. The molecule has 1 fully saturated rings. The second kappa shape index (κ2) is 7.22. The van der Waals surface area contributed by atoms with Crippen LogP contribution in [0.3, 0.4) is 0 Å². The molecule has 5 nitrogen and oxygen atoms in total. The second-order valence-corrected chi connectivity index (χ2v) is 6.44. The lowest BCUT2D eigenvalue weighted by molar-refractivity contribution is -0.384. The number of hydrogen-bond donors (Lipinski definition) is 1. The summed E-state index contributed by atoms with van der Waals surface area (Å²) in [5.41, 5.74) is 6.78. The second-order valence-electron chi connectivity index (χ2n) is 5.52. The highest BCUT2D eigenvalue weighted by molar-refractivity contribution is 9.10. The van der Waals surface area contributed by atoms with Gasteiger partial charge in [-0.2, -0.15) is 0 Å². The van der Waals surface area contributed by atoms with Gasteiger partial charge in [-0.05, 0) is 44.4 Å². The fourth-order valence-corrected chi connectivity index (χ4v) is 3.69. The zero-order valence-electron chi connectivity index (χ0n) is 12.3. The lowest BCUT2D eigenvalue weighted by Gasteiger charge is -2.40. The van der Waals surface area contributed by atoms with Crippen molar-refractivity contribution in [2.75, 3.05) is 18.0 Å². The molecule has 1 aliphatic carbocycles. The van der Waals surface area contributed by atoms with Crippen LogP contribution in [0.5, 0.6) is 0 Å². The van der Waals surface area contributed by atoms with Gasteiger partial charge in [-0.15, -0.1) is 0 Å². The van der Waals surface area contributed by atoms with Gasteiger partial charge in [0.05, 0.1) is 4.92 Å². The predicted octanol–water partition coefficient (Wildman–Crippen LogP) is 3.70. The summed E-state index contributed by atoms with van der Waals surface area (Å²) in [6, 6.07) is 5.59. The number of rotatable bonds is 5. The average Bonchev–Trinajstić information content (AvgIpc) is 2.49. The van der Waals surface area contributed by atoms with Crippen LogP contribution in [0.1, 0.15) is 32.6 Å². The van der Waals surface area contributed by atoms with Crippen molar-refractivity contribution in [3.8, 4) is 0 Å². The molecule has 21 heavy (non-hydrogen) atoms. The number of nitrogens with zero attached hydrogens (tertiary/aromatic N) is 2. The Morgan fingerprint density at radius 1 is 1.43 bits per heavy atom. The van der Waals surface area contributed by atoms with Crippen LogP contribution in [0, 0.1) is 16.0 Å². The molecule has 0 bridgehead atoms. The minimum absolute atomic E-state index is 0.160. The van der Waals surface area contributed by atoms with Crippen molar-refractivity contribution >= 4 is 27.3 Å². The van der Waals surface area contributed by atoms with E-state index in [4.69, 9.17) is 5.73 Å². The predicted molar refractivity (Wildman–Crippen MR) is 88.6 cm³/mol. The molecule has 116 valence electrons. The van der Waals surface area contributed by atoms with Crippen LogP contribution in [-0.2, 0) is 0 Å². The zero-order chi connectivity index (χ0) is 15.4. The van der Waals surface area contributed by atoms with Gasteiger partial charge in [0.15, 0.2) is 0 Å². The first-order valence-electron chi connectivity index (χ1n) is 7.49. The number of benzene rings is 1. The molecule has 0 amide bonds. The van der Waals surface area contributed by atoms with Crippen molar-refractivity contribution in [3.63, 3.8) is 0 Å². The third-order valence-corrected chi connectivity index (χ3v) is 4.85. The van der Waals surface area contributed by atoms with Crippen molar-refractivity contribution in [1.29, 1.82) is 0 Å². The maximum Gasteiger partial charge on any atom is 0.293 e. The van der Waals surface area contributed by atoms with E-state index in [1.165, 1.54) is 12.8 Å². The molecule has 0 saturated heterocycles. The number of hydrogen-bond acceptors (Lipinski definition) is 4. The molecule has 0 radical (unpaired) electrons. The van der Waals surface area contributed by atoms with Gasteiger partial charge < -0.3 is 10.6 Å². The van der Waals surface area contributed by atoms with Crippen molar-refractivity contribution in [3.05, 3.63) is 32.8 Å². The summed E-state index contributed by atoms with van der Waals surface area (Å²) in [4.78, 5) is 13.2. The smallest absolute Gasteiger partial charge is 0.293 e. The van der Waals surface area contributed by atoms with E-state index in [-0.39, 0.29) is 10.6 Å². The molecule has 6 heteroatoms. The first-order chi connectivity index (χ1) is 10.1. The molecular weight excluding hydrogens is 334 g/mol. The number of anilines is 1. The number of nitro groups is 1. The van der Waals surface area contributed by atoms with Crippen molar-refractivity contribution in [2.24, 2.45) is 11.7 Å². The first kappa shape index (κ1) is 16.2. The van der Waals surface area contributed by atoms with E-state index >= 15 is 0 Å². The van der Waals surface area contributed by atoms with Crippen LogP contribution < -0.4 is 10.6 Å². The summed E-state index contributed by atoms with van der Waals surface area (Å²) in [5.74, 6) is 0.418. The fourth-order valence-electron chi connectivity index (χ4n) is 3.34. The molecule has 0 heterocycles. The Hall–Kier alpha value is -1.14. The lowest BCUT2D eigenvalue weighted by Crippen LogP contribution is -2.45. The number of halogens is 1. The molecule has 2 rings (SSSR count). The molecule has 0 spiro atoms. The minimum Gasteiger partial charge on any atom is -0.363 e. The Morgan fingerprint density at radius 2 is 2.14 bits per heavy atom. The highest BCUT2D eigenvalue weighted by atomic mass is 79.9. The van der Waals surface area contributed by atoms with Gasteiger partial charge in [0.2, 0.25) is 0 Å². The van der Waals surface area contributed by atoms with Crippen molar-refractivity contribution in [1.82, 2.24) is 0 Å². The summed E-state index contributed by atoms with van der Waals surface area (Å²) in [6.45, 7) is 3.45. The summed E-state index contributed by atoms with van der Waals surface area (Å²) in [6.07, 6.45) is 4.55. The highest BCUT2D eigenvalue weighted by Gasteiger charge is 2.31. The third kappa shape index (κ3) is 3.55. The van der Waals surface area contributed by atoms with Crippen molar-refractivity contribution < 1.29 is 4.92 Å². The van der Waals surface area contributed by atoms with Crippen LogP contribution in [0.4, 0.5) is 11.4 Å². The summed E-state index contributed by atoms with van der Waals surface area (Å²) in [7, 11) is 0. The van der Waals surface area contributed by atoms with E-state index in [0.717, 1.165) is 23.9 Å². The van der Waals surface area contributed by atoms with Gasteiger partial charge in [-0.1, -0.05) is 28.8 Å². The maximum absolute atomic E-state index is 11.4. The topological polar surface area (TPSA) is 72.4 Å². The van der Waals surface area contributed by atoms with Gasteiger partial charge in [-0.25, -0.2) is 0 Å². The number of nitrogens with two attached hydrogens (primary N) is 1. The quantitative estimate of drug-likeness (QED) is 0.645. The molecule has 0 aliphatic heterocycles. The van der Waals surface area contributed by atoms with E-state index in [1.807, 2.05) is 19.1 Å². The molecule has 2 unspecified atom stereocenters. The van der Waals surface area contributed by atoms with Gasteiger partial charge in [0, 0.05) is 23.1 Å². The molecular formula is C15H22BrN3O2. The minimum atomic E-state index is -0.303. The lowest BCUT2D eigenvalue weighted by atomic mass is 9.83. The maximum atomic E-state index is 11.4. The molecule has 1 aromatic carbocycles. The average molecular weight is 356 g/mol. The Bertz CT molecular complexity index is 510. The molecule has 1 aromatic rings. The van der Waals surface area contributed by atoms with E-state index in [9.17, 15) is 10.1 Å². The summed E-state index contributed by atoms with van der Waals surface area (Å²) < 4.78 is 0.730. The molecule has 2 atom stereocenters. The van der Waals surface area contributed by atoms with Crippen LogP contribution in [0.15, 0.2) is 22.7 Å². The van der Waals surface area contributed by atoms with Crippen LogP contribution >= 0.6 is 15.9 Å². The molecule has 1 aliphatic rings. The Kier molecular flexibility index (Phi) is 5.58. The molecule has 0 aromatic heterocycles. The van der Waals surface area contributed by atoms with Gasteiger partial charge in [0.25, 0.3) is 5.69 Å². The van der Waals surface area contributed by atoms with E-state index in [2.05, 4.69) is 20.8 Å². The summed E-state index contributed by atoms with van der Waals surface area (Å²) >= 11 is 3.31. The zero-order valence-corrected chi connectivity index (χ0v) is 13.9.